The second kappa shape index (κ2) is 7.29. The van der Waals surface area contributed by atoms with Crippen LogP contribution < -0.4 is 10.6 Å². The molecule has 0 unspecified atom stereocenters. The van der Waals surface area contributed by atoms with Crippen LogP contribution in [0.4, 0.5) is 5.82 Å². The number of H-pyrrole nitrogens is 1. The van der Waals surface area contributed by atoms with Crippen LogP contribution in [0.15, 0.2) is 42.9 Å². The summed E-state index contributed by atoms with van der Waals surface area (Å²) in [7, 11) is 0. The zero-order chi connectivity index (χ0) is 19.8. The molecule has 0 amide bonds. The van der Waals surface area contributed by atoms with Crippen LogP contribution in [0.3, 0.4) is 0 Å². The van der Waals surface area contributed by atoms with Gasteiger partial charge in [0.05, 0.1) is 29.3 Å². The monoisotopic (exact) mass is 388 g/mol. The summed E-state index contributed by atoms with van der Waals surface area (Å²) in [6.45, 7) is 4.72. The molecule has 148 valence electrons. The van der Waals surface area contributed by atoms with E-state index in [9.17, 15) is 0 Å². The number of nitrogens with zero attached hydrogens (tertiary/aromatic N) is 6. The van der Waals surface area contributed by atoms with Gasteiger partial charge in [-0.25, -0.2) is 4.98 Å². The SMILES string of the molecule is CCn1cc(-c2cc3c(-c4cccc(N5CCC[C@H](N)C5)n4)n[nH]c3cn2)cn1. The van der Waals surface area contributed by atoms with E-state index in [1.807, 2.05) is 41.5 Å². The lowest BCUT2D eigenvalue weighted by Crippen LogP contribution is -2.43. The van der Waals surface area contributed by atoms with Crippen molar-refractivity contribution in [2.75, 3.05) is 18.0 Å². The number of hydrogen-bond acceptors (Lipinski definition) is 6. The number of anilines is 1. The summed E-state index contributed by atoms with van der Waals surface area (Å²) < 4.78 is 1.89. The Morgan fingerprint density at radius 2 is 2.17 bits per heavy atom. The molecule has 0 spiro atoms. The van der Waals surface area contributed by atoms with Gasteiger partial charge in [0.2, 0.25) is 0 Å². The highest BCUT2D eigenvalue weighted by Gasteiger charge is 2.19. The number of nitrogens with two attached hydrogens (primary N) is 1. The molecule has 1 aliphatic rings. The first-order valence-electron chi connectivity index (χ1n) is 10.1. The highest BCUT2D eigenvalue weighted by atomic mass is 15.3. The van der Waals surface area contributed by atoms with Crippen LogP contribution in [0.25, 0.3) is 33.5 Å². The molecule has 4 aromatic heterocycles. The quantitative estimate of drug-likeness (QED) is 0.557. The number of piperidine rings is 1. The molecule has 4 aromatic rings. The Hall–Kier alpha value is -3.26. The summed E-state index contributed by atoms with van der Waals surface area (Å²) in [4.78, 5) is 11.7. The Labute approximate surface area is 168 Å². The molecule has 5 rings (SSSR count). The van der Waals surface area contributed by atoms with E-state index in [1.165, 1.54) is 0 Å². The van der Waals surface area contributed by atoms with Gasteiger partial charge in [0.1, 0.15) is 11.5 Å². The average molecular weight is 388 g/mol. The number of fused-ring (bicyclic) bond motifs is 1. The standard InChI is InChI=1S/C21H24N8/c1-2-29-12-14(10-24-29)18-9-16-19(11-23-18)26-27-21(16)17-6-3-7-20(25-17)28-8-4-5-15(22)13-28/h3,6-7,9-12,15H,2,4-5,8,13,22H2,1H3,(H,26,27)/t15-/m0/s1. The minimum Gasteiger partial charge on any atom is -0.355 e. The first kappa shape index (κ1) is 17.8. The molecule has 8 nitrogen and oxygen atoms in total. The van der Waals surface area contributed by atoms with Crippen molar-refractivity contribution >= 4 is 16.7 Å². The molecular formula is C21H24N8. The van der Waals surface area contributed by atoms with Crippen molar-refractivity contribution in [3.8, 4) is 22.6 Å². The number of nitrogens with one attached hydrogen (secondary N) is 1. The van der Waals surface area contributed by atoms with Gasteiger partial charge in [-0.1, -0.05) is 6.07 Å². The van der Waals surface area contributed by atoms with Crippen molar-refractivity contribution in [1.82, 2.24) is 29.9 Å². The highest BCUT2D eigenvalue weighted by Crippen LogP contribution is 2.29. The first-order valence-corrected chi connectivity index (χ1v) is 10.1. The summed E-state index contributed by atoms with van der Waals surface area (Å²) in [5.74, 6) is 0.951. The van der Waals surface area contributed by atoms with Crippen LogP contribution in [-0.4, -0.2) is 49.1 Å². The number of aromatic amines is 1. The van der Waals surface area contributed by atoms with Crippen LogP contribution in [0.2, 0.25) is 0 Å². The summed E-state index contributed by atoms with van der Waals surface area (Å²) in [5, 5.41) is 13.0. The minimum atomic E-state index is 0.207. The Bertz CT molecular complexity index is 1140. The molecule has 1 atom stereocenters. The number of hydrogen-bond donors (Lipinski definition) is 2. The molecule has 0 radical (unpaired) electrons. The fourth-order valence-corrected chi connectivity index (χ4v) is 3.89. The van der Waals surface area contributed by atoms with E-state index in [2.05, 4.69) is 38.2 Å². The van der Waals surface area contributed by atoms with Crippen LogP contribution in [-0.2, 0) is 6.54 Å². The Morgan fingerprint density at radius 3 is 3.00 bits per heavy atom. The topological polar surface area (TPSA) is 102 Å². The van der Waals surface area contributed by atoms with Crippen LogP contribution in [0.1, 0.15) is 19.8 Å². The second-order valence-corrected chi connectivity index (χ2v) is 7.50. The third-order valence-electron chi connectivity index (χ3n) is 5.46. The number of aromatic nitrogens is 6. The minimum absolute atomic E-state index is 0.207. The third-order valence-corrected chi connectivity index (χ3v) is 5.46. The van der Waals surface area contributed by atoms with Crippen LogP contribution in [0, 0.1) is 0 Å². The van der Waals surface area contributed by atoms with Crippen LogP contribution in [0.5, 0.6) is 0 Å². The van der Waals surface area contributed by atoms with Gasteiger partial charge in [0, 0.05) is 42.8 Å². The van der Waals surface area contributed by atoms with Crippen molar-refractivity contribution in [3.05, 3.63) is 42.9 Å². The maximum atomic E-state index is 6.15. The Kier molecular flexibility index (Phi) is 4.48. The lowest BCUT2D eigenvalue weighted by Gasteiger charge is -2.31. The van der Waals surface area contributed by atoms with Gasteiger partial charge in [-0.15, -0.1) is 0 Å². The fourth-order valence-electron chi connectivity index (χ4n) is 3.89. The number of pyridine rings is 2. The number of rotatable bonds is 4. The predicted molar refractivity (Wildman–Crippen MR) is 113 cm³/mol. The maximum absolute atomic E-state index is 6.15. The number of aryl methyl sites for hydroxylation is 1. The van der Waals surface area contributed by atoms with E-state index in [0.29, 0.717) is 0 Å². The second-order valence-electron chi connectivity index (χ2n) is 7.50. The summed E-state index contributed by atoms with van der Waals surface area (Å²) in [6, 6.07) is 8.33. The summed E-state index contributed by atoms with van der Waals surface area (Å²) in [5.41, 5.74) is 10.6. The van der Waals surface area contributed by atoms with Gasteiger partial charge in [0.15, 0.2) is 0 Å². The largest absolute Gasteiger partial charge is 0.355 e. The molecule has 1 aliphatic heterocycles. The molecule has 8 heteroatoms. The highest BCUT2D eigenvalue weighted by molar-refractivity contribution is 5.93. The van der Waals surface area contributed by atoms with E-state index in [0.717, 1.165) is 71.8 Å². The van der Waals surface area contributed by atoms with Gasteiger partial charge in [0.25, 0.3) is 0 Å². The van der Waals surface area contributed by atoms with Gasteiger partial charge < -0.3 is 10.6 Å². The molecule has 5 heterocycles. The molecule has 1 fully saturated rings. The molecule has 0 bridgehead atoms. The maximum Gasteiger partial charge on any atom is 0.129 e. The van der Waals surface area contributed by atoms with Gasteiger partial charge in [-0.2, -0.15) is 10.2 Å². The lowest BCUT2D eigenvalue weighted by molar-refractivity contribution is 0.503. The van der Waals surface area contributed by atoms with E-state index in [4.69, 9.17) is 10.7 Å². The molecule has 3 N–H and O–H groups in total. The van der Waals surface area contributed by atoms with E-state index in [-0.39, 0.29) is 6.04 Å². The zero-order valence-electron chi connectivity index (χ0n) is 16.4. The third kappa shape index (κ3) is 3.36. The van der Waals surface area contributed by atoms with Gasteiger partial charge >= 0.3 is 0 Å². The van der Waals surface area contributed by atoms with Gasteiger partial charge in [-0.3, -0.25) is 14.8 Å². The zero-order valence-corrected chi connectivity index (χ0v) is 16.4. The Balaban J connectivity index is 1.53. The molecule has 0 saturated carbocycles. The molecule has 0 aliphatic carbocycles. The first-order chi connectivity index (χ1) is 14.2. The van der Waals surface area contributed by atoms with E-state index >= 15 is 0 Å². The summed E-state index contributed by atoms with van der Waals surface area (Å²) in [6.07, 6.45) is 7.84. The van der Waals surface area contributed by atoms with Crippen molar-refractivity contribution in [2.24, 2.45) is 5.73 Å². The van der Waals surface area contributed by atoms with E-state index in [1.54, 1.807) is 0 Å². The predicted octanol–water partition coefficient (Wildman–Crippen LogP) is 2.83. The Morgan fingerprint density at radius 1 is 1.24 bits per heavy atom. The van der Waals surface area contributed by atoms with Crippen LogP contribution >= 0.6 is 0 Å². The van der Waals surface area contributed by atoms with E-state index < -0.39 is 0 Å². The molecule has 1 saturated heterocycles. The van der Waals surface area contributed by atoms with Crippen molar-refractivity contribution in [2.45, 2.75) is 32.4 Å². The van der Waals surface area contributed by atoms with Crippen molar-refractivity contribution < 1.29 is 0 Å². The lowest BCUT2D eigenvalue weighted by atomic mass is 10.1. The average Bonchev–Trinajstić information content (AvgIpc) is 3.40. The molecule has 0 aromatic carbocycles. The van der Waals surface area contributed by atoms with Crippen molar-refractivity contribution in [3.63, 3.8) is 0 Å². The van der Waals surface area contributed by atoms with Gasteiger partial charge in [-0.05, 0) is 38.0 Å². The van der Waals surface area contributed by atoms with Crippen molar-refractivity contribution in [1.29, 1.82) is 0 Å². The summed E-state index contributed by atoms with van der Waals surface area (Å²) >= 11 is 0. The normalized spacial score (nSPS) is 17.2. The smallest absolute Gasteiger partial charge is 0.129 e. The molecule has 29 heavy (non-hydrogen) atoms. The molecular weight excluding hydrogens is 364 g/mol. The fraction of sp³-hybridized carbons (Fsp3) is 0.333.